The lowest BCUT2D eigenvalue weighted by Gasteiger charge is -2.25. The molecule has 0 atom stereocenters. The Morgan fingerprint density at radius 2 is 2.12 bits per heavy atom. The van der Waals surface area contributed by atoms with Crippen LogP contribution in [0.3, 0.4) is 0 Å². The molecule has 8 heteroatoms. The third-order valence-corrected chi connectivity index (χ3v) is 4.68. The lowest BCUT2D eigenvalue weighted by atomic mass is 10.1. The van der Waals surface area contributed by atoms with Gasteiger partial charge in [0.25, 0.3) is 0 Å². The van der Waals surface area contributed by atoms with Gasteiger partial charge in [-0.15, -0.1) is 0 Å². The van der Waals surface area contributed by atoms with Gasteiger partial charge in [-0.1, -0.05) is 0 Å². The summed E-state index contributed by atoms with van der Waals surface area (Å²) in [4.78, 5) is 14.7. The average Bonchev–Trinajstić information content (AvgIpc) is 2.94. The molecule has 0 spiro atoms. The van der Waals surface area contributed by atoms with Crippen LogP contribution in [-0.4, -0.2) is 56.0 Å². The third kappa shape index (κ3) is 3.47. The second-order valence-corrected chi connectivity index (χ2v) is 6.48. The van der Waals surface area contributed by atoms with Crippen molar-refractivity contribution in [3.05, 3.63) is 21.9 Å². The Bertz CT molecular complexity index is 781. The summed E-state index contributed by atoms with van der Waals surface area (Å²) in [5, 5.41) is 10.9. The number of phenolic OH excluding ortho intramolecular Hbond substituents is 1. The number of morpholine rings is 1. The lowest BCUT2D eigenvalue weighted by Crippen LogP contribution is -2.35. The maximum absolute atomic E-state index is 12.5. The van der Waals surface area contributed by atoms with E-state index in [0.717, 1.165) is 13.1 Å². The van der Waals surface area contributed by atoms with Crippen molar-refractivity contribution in [1.29, 1.82) is 0 Å². The van der Waals surface area contributed by atoms with Crippen molar-refractivity contribution in [2.75, 3.05) is 40.0 Å². The zero-order valence-corrected chi connectivity index (χ0v) is 15.7. The van der Waals surface area contributed by atoms with Gasteiger partial charge in [-0.2, -0.15) is 0 Å². The van der Waals surface area contributed by atoms with E-state index in [1.807, 2.05) is 0 Å². The Hall–Kier alpha value is -1.77. The Morgan fingerprint density at radius 1 is 1.40 bits per heavy atom. The number of methoxy groups -OCH3 is 1. The molecule has 1 saturated heterocycles. The monoisotopic (exact) mass is 413 g/mol. The number of rotatable bonds is 5. The SMILES string of the molecule is CCOC(=O)c1c(CN2CCOCC2)oc2cc(Br)c(OC)c(O)c12. The number of carbonyl (C=O) groups is 1. The number of fused-ring (bicyclic) bond motifs is 1. The molecular weight excluding hydrogens is 394 g/mol. The maximum Gasteiger partial charge on any atom is 0.342 e. The molecule has 0 unspecified atom stereocenters. The van der Waals surface area contributed by atoms with Crippen LogP contribution in [0.4, 0.5) is 0 Å². The molecule has 0 aliphatic carbocycles. The standard InChI is InChI=1S/C17H20BrNO6/c1-3-24-17(21)14-12(9-19-4-6-23-7-5-19)25-11-8-10(18)16(22-2)15(20)13(11)14/h8,20H,3-7,9H2,1-2H3. The van der Waals surface area contributed by atoms with Crippen LogP contribution in [0.5, 0.6) is 11.5 Å². The van der Waals surface area contributed by atoms with Gasteiger partial charge < -0.3 is 23.7 Å². The van der Waals surface area contributed by atoms with Crippen molar-refractivity contribution in [1.82, 2.24) is 4.90 Å². The molecule has 0 bridgehead atoms. The highest BCUT2D eigenvalue weighted by Crippen LogP contribution is 2.44. The molecule has 1 aromatic carbocycles. The molecule has 1 N–H and O–H groups in total. The lowest BCUT2D eigenvalue weighted by molar-refractivity contribution is 0.0309. The number of halogens is 1. The number of ether oxygens (including phenoxy) is 3. The molecule has 1 aliphatic rings. The van der Waals surface area contributed by atoms with Gasteiger partial charge in [0.15, 0.2) is 11.5 Å². The summed E-state index contributed by atoms with van der Waals surface area (Å²) in [6.45, 7) is 5.18. The first kappa shape index (κ1) is 18.0. The first-order valence-electron chi connectivity index (χ1n) is 8.04. The van der Waals surface area contributed by atoms with Gasteiger partial charge in [0.05, 0.1) is 43.3 Å². The highest BCUT2D eigenvalue weighted by Gasteiger charge is 2.28. The van der Waals surface area contributed by atoms with Crippen molar-refractivity contribution in [2.45, 2.75) is 13.5 Å². The smallest absolute Gasteiger partial charge is 0.342 e. The fraction of sp³-hybridized carbons (Fsp3) is 0.471. The second-order valence-electron chi connectivity index (χ2n) is 5.62. The van der Waals surface area contributed by atoms with Gasteiger partial charge in [0, 0.05) is 13.1 Å². The summed E-state index contributed by atoms with van der Waals surface area (Å²) < 4.78 is 22.2. The normalized spacial score (nSPS) is 15.5. The number of nitrogens with zero attached hydrogens (tertiary/aromatic N) is 1. The van der Waals surface area contributed by atoms with Crippen LogP contribution in [0.15, 0.2) is 15.0 Å². The molecule has 25 heavy (non-hydrogen) atoms. The molecule has 2 aromatic rings. The Labute approximate surface area is 153 Å². The number of furan rings is 1. The molecular formula is C17H20BrNO6. The molecule has 1 aromatic heterocycles. The Morgan fingerprint density at radius 3 is 2.76 bits per heavy atom. The summed E-state index contributed by atoms with van der Waals surface area (Å²) in [6, 6.07) is 1.68. The minimum atomic E-state index is -0.524. The van der Waals surface area contributed by atoms with Crippen LogP contribution in [-0.2, 0) is 16.0 Å². The number of hydrogen-bond donors (Lipinski definition) is 1. The first-order valence-corrected chi connectivity index (χ1v) is 8.84. The van der Waals surface area contributed by atoms with Crippen molar-refractivity contribution in [3.63, 3.8) is 0 Å². The zero-order valence-electron chi connectivity index (χ0n) is 14.1. The number of esters is 1. The van der Waals surface area contributed by atoms with E-state index in [-0.39, 0.29) is 23.7 Å². The minimum absolute atomic E-state index is 0.146. The minimum Gasteiger partial charge on any atom is -0.504 e. The van der Waals surface area contributed by atoms with Gasteiger partial charge in [0.1, 0.15) is 16.9 Å². The van der Waals surface area contributed by atoms with E-state index >= 15 is 0 Å². The van der Waals surface area contributed by atoms with E-state index in [1.54, 1.807) is 13.0 Å². The van der Waals surface area contributed by atoms with Crippen molar-refractivity contribution < 1.29 is 28.5 Å². The molecule has 2 heterocycles. The van der Waals surface area contributed by atoms with Crippen LogP contribution >= 0.6 is 15.9 Å². The first-order chi connectivity index (χ1) is 12.1. The maximum atomic E-state index is 12.5. The molecule has 7 nitrogen and oxygen atoms in total. The number of hydrogen-bond acceptors (Lipinski definition) is 7. The topological polar surface area (TPSA) is 81.4 Å². The Balaban J connectivity index is 2.12. The number of aromatic hydroxyl groups is 1. The number of benzene rings is 1. The number of phenols is 1. The van der Waals surface area contributed by atoms with E-state index in [2.05, 4.69) is 20.8 Å². The van der Waals surface area contributed by atoms with E-state index < -0.39 is 5.97 Å². The third-order valence-electron chi connectivity index (χ3n) is 4.09. The highest BCUT2D eigenvalue weighted by atomic mass is 79.9. The highest BCUT2D eigenvalue weighted by molar-refractivity contribution is 9.10. The Kier molecular flexibility index (Phi) is 5.51. The van der Waals surface area contributed by atoms with Crippen molar-refractivity contribution >= 4 is 32.9 Å². The van der Waals surface area contributed by atoms with Gasteiger partial charge in [0.2, 0.25) is 0 Å². The van der Waals surface area contributed by atoms with E-state index in [1.165, 1.54) is 7.11 Å². The summed E-state index contributed by atoms with van der Waals surface area (Å²) in [7, 11) is 1.45. The van der Waals surface area contributed by atoms with Crippen LogP contribution < -0.4 is 4.74 Å². The van der Waals surface area contributed by atoms with Crippen molar-refractivity contribution in [3.8, 4) is 11.5 Å². The van der Waals surface area contributed by atoms with E-state index in [4.69, 9.17) is 18.6 Å². The quantitative estimate of drug-likeness (QED) is 0.754. The predicted molar refractivity (Wildman–Crippen MR) is 94.2 cm³/mol. The molecule has 1 aliphatic heterocycles. The fourth-order valence-electron chi connectivity index (χ4n) is 2.93. The summed E-state index contributed by atoms with van der Waals surface area (Å²) >= 11 is 3.34. The largest absolute Gasteiger partial charge is 0.504 e. The van der Waals surface area contributed by atoms with Gasteiger partial charge >= 0.3 is 5.97 Å². The molecule has 0 amide bonds. The molecule has 136 valence electrons. The average molecular weight is 414 g/mol. The van der Waals surface area contributed by atoms with Crippen molar-refractivity contribution in [2.24, 2.45) is 0 Å². The molecule has 1 fully saturated rings. The van der Waals surface area contributed by atoms with E-state index in [0.29, 0.717) is 41.0 Å². The molecule has 3 rings (SSSR count). The summed E-state index contributed by atoms with van der Waals surface area (Å²) in [5.74, 6) is 0.0404. The second kappa shape index (κ2) is 7.63. The predicted octanol–water partition coefficient (Wildman–Crippen LogP) is 2.92. The fourth-order valence-corrected chi connectivity index (χ4v) is 3.49. The van der Waals surface area contributed by atoms with Gasteiger partial charge in [-0.3, -0.25) is 4.90 Å². The van der Waals surface area contributed by atoms with E-state index in [9.17, 15) is 9.90 Å². The van der Waals surface area contributed by atoms with Crippen LogP contribution in [0.2, 0.25) is 0 Å². The summed E-state index contributed by atoms with van der Waals surface area (Å²) in [5.41, 5.74) is 0.642. The van der Waals surface area contributed by atoms with Crippen LogP contribution in [0.1, 0.15) is 23.0 Å². The zero-order chi connectivity index (χ0) is 18.0. The van der Waals surface area contributed by atoms with Crippen LogP contribution in [0.25, 0.3) is 11.0 Å². The summed E-state index contributed by atoms with van der Waals surface area (Å²) in [6.07, 6.45) is 0. The molecule has 0 radical (unpaired) electrons. The number of carbonyl (C=O) groups excluding carboxylic acids is 1. The van der Waals surface area contributed by atoms with Gasteiger partial charge in [-0.25, -0.2) is 4.79 Å². The van der Waals surface area contributed by atoms with Crippen LogP contribution in [0, 0.1) is 0 Å². The molecule has 0 saturated carbocycles. The van der Waals surface area contributed by atoms with Gasteiger partial charge in [-0.05, 0) is 28.9 Å².